The van der Waals surface area contributed by atoms with Crippen molar-refractivity contribution in [3.8, 4) is 22.9 Å². The van der Waals surface area contributed by atoms with Gasteiger partial charge in [0, 0.05) is 6.54 Å². The second kappa shape index (κ2) is 8.65. The van der Waals surface area contributed by atoms with Gasteiger partial charge in [-0.15, -0.1) is 5.10 Å². The van der Waals surface area contributed by atoms with Crippen molar-refractivity contribution in [3.05, 3.63) is 54.4 Å². The molecule has 9 heteroatoms. The van der Waals surface area contributed by atoms with Crippen LogP contribution in [0.4, 0.5) is 0 Å². The Bertz CT molecular complexity index is 881. The van der Waals surface area contributed by atoms with Crippen LogP contribution in [0.5, 0.6) is 17.2 Å². The first-order chi connectivity index (χ1) is 13.2. The van der Waals surface area contributed by atoms with E-state index in [1.54, 1.807) is 44.6 Å². The fourth-order valence-corrected chi connectivity index (χ4v) is 2.37. The summed E-state index contributed by atoms with van der Waals surface area (Å²) in [6.45, 7) is 0.276. The number of carbonyl (C=O) groups excluding carboxylic acids is 1. The SMILES string of the molecule is COc1ccc(CNC(=O)COc2ccc(-n3cnnn3)cc2)cc1OC. The second-order valence-corrected chi connectivity index (χ2v) is 5.50. The number of hydrogen-bond acceptors (Lipinski definition) is 7. The zero-order chi connectivity index (χ0) is 19.1. The van der Waals surface area contributed by atoms with E-state index in [2.05, 4.69) is 20.8 Å². The highest BCUT2D eigenvalue weighted by atomic mass is 16.5. The predicted octanol–water partition coefficient (Wildman–Crippen LogP) is 1.37. The van der Waals surface area contributed by atoms with Gasteiger partial charge in [-0.05, 0) is 52.4 Å². The van der Waals surface area contributed by atoms with Crippen molar-refractivity contribution >= 4 is 5.91 Å². The summed E-state index contributed by atoms with van der Waals surface area (Å²) >= 11 is 0. The number of tetrazole rings is 1. The van der Waals surface area contributed by atoms with E-state index in [4.69, 9.17) is 14.2 Å². The number of aromatic nitrogens is 4. The summed E-state index contributed by atoms with van der Waals surface area (Å²) in [7, 11) is 3.14. The lowest BCUT2D eigenvalue weighted by molar-refractivity contribution is -0.123. The van der Waals surface area contributed by atoms with Crippen LogP contribution in [0, 0.1) is 0 Å². The van der Waals surface area contributed by atoms with Crippen LogP contribution >= 0.6 is 0 Å². The summed E-state index contributed by atoms with van der Waals surface area (Å²) in [6.07, 6.45) is 1.50. The molecule has 0 aliphatic carbocycles. The summed E-state index contributed by atoms with van der Waals surface area (Å²) in [6, 6.07) is 12.6. The van der Waals surface area contributed by atoms with Gasteiger partial charge in [0.1, 0.15) is 12.1 Å². The molecule has 0 aliphatic rings. The Morgan fingerprint density at radius 1 is 1.07 bits per heavy atom. The van der Waals surface area contributed by atoms with Crippen LogP contribution in [0.25, 0.3) is 5.69 Å². The zero-order valence-corrected chi connectivity index (χ0v) is 15.0. The Morgan fingerprint density at radius 2 is 1.85 bits per heavy atom. The number of methoxy groups -OCH3 is 2. The number of amides is 1. The van der Waals surface area contributed by atoms with Gasteiger partial charge in [0.2, 0.25) is 0 Å². The van der Waals surface area contributed by atoms with E-state index in [0.717, 1.165) is 11.3 Å². The third-order valence-electron chi connectivity index (χ3n) is 3.76. The summed E-state index contributed by atoms with van der Waals surface area (Å²) < 4.78 is 17.5. The molecule has 1 aromatic heterocycles. The summed E-state index contributed by atoms with van der Waals surface area (Å²) in [5.74, 6) is 1.60. The molecule has 0 aliphatic heterocycles. The molecule has 140 valence electrons. The van der Waals surface area contributed by atoms with Gasteiger partial charge >= 0.3 is 0 Å². The standard InChI is InChI=1S/C18H19N5O4/c1-25-16-8-3-13(9-17(16)26-2)10-19-18(24)11-27-15-6-4-14(5-7-15)23-12-20-21-22-23/h3-9,12H,10-11H2,1-2H3,(H,19,24). The largest absolute Gasteiger partial charge is 0.493 e. The molecule has 27 heavy (non-hydrogen) atoms. The second-order valence-electron chi connectivity index (χ2n) is 5.50. The molecule has 0 saturated heterocycles. The van der Waals surface area contributed by atoms with E-state index >= 15 is 0 Å². The average Bonchev–Trinajstić information content (AvgIpc) is 3.25. The first-order valence-electron chi connectivity index (χ1n) is 8.13. The van der Waals surface area contributed by atoms with Gasteiger partial charge in [0.05, 0.1) is 19.9 Å². The molecule has 1 amide bonds. The molecule has 0 fully saturated rings. The topological polar surface area (TPSA) is 100 Å². The normalized spacial score (nSPS) is 10.3. The van der Waals surface area contributed by atoms with E-state index in [9.17, 15) is 4.79 Å². The molecule has 3 rings (SSSR count). The van der Waals surface area contributed by atoms with Crippen molar-refractivity contribution in [3.63, 3.8) is 0 Å². The maximum atomic E-state index is 12.0. The molecule has 9 nitrogen and oxygen atoms in total. The molecule has 0 spiro atoms. The highest BCUT2D eigenvalue weighted by Gasteiger charge is 2.07. The molecule has 1 N–H and O–H groups in total. The van der Waals surface area contributed by atoms with Crippen molar-refractivity contribution in [2.75, 3.05) is 20.8 Å². The van der Waals surface area contributed by atoms with Crippen LogP contribution in [-0.2, 0) is 11.3 Å². The fraction of sp³-hybridized carbons (Fsp3) is 0.222. The van der Waals surface area contributed by atoms with Crippen LogP contribution in [0.1, 0.15) is 5.56 Å². The van der Waals surface area contributed by atoms with Crippen molar-refractivity contribution in [1.29, 1.82) is 0 Å². The van der Waals surface area contributed by atoms with E-state index in [1.807, 2.05) is 12.1 Å². The maximum Gasteiger partial charge on any atom is 0.258 e. The van der Waals surface area contributed by atoms with Crippen LogP contribution in [0.2, 0.25) is 0 Å². The van der Waals surface area contributed by atoms with Gasteiger partial charge in [0.25, 0.3) is 5.91 Å². The smallest absolute Gasteiger partial charge is 0.258 e. The highest BCUT2D eigenvalue weighted by Crippen LogP contribution is 2.27. The first kappa shape index (κ1) is 18.2. The minimum Gasteiger partial charge on any atom is -0.493 e. The molecule has 0 bridgehead atoms. The molecule has 0 saturated carbocycles. The molecule has 2 aromatic carbocycles. The van der Waals surface area contributed by atoms with Gasteiger partial charge in [0.15, 0.2) is 18.1 Å². The number of nitrogens with one attached hydrogen (secondary N) is 1. The maximum absolute atomic E-state index is 12.0. The average molecular weight is 369 g/mol. The van der Waals surface area contributed by atoms with Crippen LogP contribution in [0.15, 0.2) is 48.8 Å². The Morgan fingerprint density at radius 3 is 2.52 bits per heavy atom. The van der Waals surface area contributed by atoms with Crippen LogP contribution in [-0.4, -0.2) is 46.9 Å². The van der Waals surface area contributed by atoms with Crippen molar-refractivity contribution < 1.29 is 19.0 Å². The minimum atomic E-state index is -0.227. The van der Waals surface area contributed by atoms with Gasteiger partial charge < -0.3 is 19.5 Å². The number of ether oxygens (including phenoxy) is 3. The molecule has 3 aromatic rings. The number of nitrogens with zero attached hydrogens (tertiary/aromatic N) is 4. The van der Waals surface area contributed by atoms with E-state index < -0.39 is 0 Å². The van der Waals surface area contributed by atoms with E-state index in [1.165, 1.54) is 11.0 Å². The van der Waals surface area contributed by atoms with Gasteiger partial charge in [-0.2, -0.15) is 0 Å². The lowest BCUT2D eigenvalue weighted by Gasteiger charge is -2.11. The highest BCUT2D eigenvalue weighted by molar-refractivity contribution is 5.77. The number of rotatable bonds is 8. The van der Waals surface area contributed by atoms with E-state index in [0.29, 0.717) is 23.8 Å². The Hall–Kier alpha value is -3.62. The third-order valence-corrected chi connectivity index (χ3v) is 3.76. The predicted molar refractivity (Wildman–Crippen MR) is 96.0 cm³/mol. The summed E-state index contributed by atoms with van der Waals surface area (Å²) in [5.41, 5.74) is 1.69. The lowest BCUT2D eigenvalue weighted by atomic mass is 10.2. The van der Waals surface area contributed by atoms with Crippen molar-refractivity contribution in [1.82, 2.24) is 25.5 Å². The quantitative estimate of drug-likeness (QED) is 0.640. The van der Waals surface area contributed by atoms with Crippen molar-refractivity contribution in [2.45, 2.75) is 6.54 Å². The monoisotopic (exact) mass is 369 g/mol. The summed E-state index contributed by atoms with van der Waals surface area (Å²) in [5, 5.41) is 13.8. The zero-order valence-electron chi connectivity index (χ0n) is 15.0. The third kappa shape index (κ3) is 4.72. The van der Waals surface area contributed by atoms with Gasteiger partial charge in [-0.25, -0.2) is 4.68 Å². The van der Waals surface area contributed by atoms with E-state index in [-0.39, 0.29) is 12.5 Å². The fourth-order valence-electron chi connectivity index (χ4n) is 2.37. The van der Waals surface area contributed by atoms with Gasteiger partial charge in [-0.1, -0.05) is 6.07 Å². The molecular weight excluding hydrogens is 350 g/mol. The Balaban J connectivity index is 1.48. The van der Waals surface area contributed by atoms with Crippen LogP contribution in [0.3, 0.4) is 0 Å². The van der Waals surface area contributed by atoms with Gasteiger partial charge in [-0.3, -0.25) is 4.79 Å². The summed E-state index contributed by atoms with van der Waals surface area (Å²) in [4.78, 5) is 12.0. The molecular formula is C18H19N5O4. The number of carbonyl (C=O) groups is 1. The molecule has 0 radical (unpaired) electrons. The number of benzene rings is 2. The first-order valence-corrected chi connectivity index (χ1v) is 8.13. The van der Waals surface area contributed by atoms with Crippen molar-refractivity contribution in [2.24, 2.45) is 0 Å². The Kier molecular flexibility index (Phi) is 5.83. The van der Waals surface area contributed by atoms with Crippen LogP contribution < -0.4 is 19.5 Å². The Labute approximate surface area is 155 Å². The number of hydrogen-bond donors (Lipinski definition) is 1. The lowest BCUT2D eigenvalue weighted by Crippen LogP contribution is -2.28. The molecule has 0 atom stereocenters. The molecule has 0 unspecified atom stereocenters. The minimum absolute atomic E-state index is 0.0858. The molecule has 1 heterocycles.